The second-order valence-corrected chi connectivity index (χ2v) is 4.16. The third-order valence-electron chi connectivity index (χ3n) is 3.30. The van der Waals surface area contributed by atoms with Crippen LogP contribution in [0.5, 0.6) is 0 Å². The Kier molecular flexibility index (Phi) is 2.92. The van der Waals surface area contributed by atoms with Crippen molar-refractivity contribution in [2.24, 2.45) is 0 Å². The summed E-state index contributed by atoms with van der Waals surface area (Å²) in [5, 5.41) is 11.5. The van der Waals surface area contributed by atoms with E-state index >= 15 is 0 Å². The molecule has 0 atom stereocenters. The van der Waals surface area contributed by atoms with Crippen molar-refractivity contribution < 1.29 is 5.11 Å². The van der Waals surface area contributed by atoms with E-state index in [4.69, 9.17) is 0 Å². The van der Waals surface area contributed by atoms with E-state index in [0.29, 0.717) is 12.8 Å². The maximum absolute atomic E-state index is 10.4. The van der Waals surface area contributed by atoms with Crippen LogP contribution in [0.1, 0.15) is 32.3 Å². The Hall–Kier alpha value is -1.41. The van der Waals surface area contributed by atoms with Gasteiger partial charge in [0.2, 0.25) is 0 Å². The number of nitrogens with zero attached hydrogens (tertiary/aromatic N) is 1. The number of benzene rings is 1. The zero-order chi connectivity index (χ0) is 11.6. The van der Waals surface area contributed by atoms with Crippen LogP contribution in [0.25, 0.3) is 10.9 Å². The van der Waals surface area contributed by atoms with Crippen molar-refractivity contribution in [3.63, 3.8) is 0 Å². The fourth-order valence-electron chi connectivity index (χ4n) is 1.98. The molecule has 0 amide bonds. The fourth-order valence-corrected chi connectivity index (χ4v) is 1.98. The maximum Gasteiger partial charge on any atom is 0.0906 e. The van der Waals surface area contributed by atoms with Gasteiger partial charge in [0.25, 0.3) is 0 Å². The van der Waals surface area contributed by atoms with Crippen LogP contribution in [0.15, 0.2) is 36.5 Å². The first-order chi connectivity index (χ1) is 7.69. The van der Waals surface area contributed by atoms with Crippen molar-refractivity contribution in [2.45, 2.75) is 32.3 Å². The Labute approximate surface area is 96.0 Å². The average molecular weight is 215 g/mol. The van der Waals surface area contributed by atoms with Crippen LogP contribution in [-0.2, 0) is 5.60 Å². The van der Waals surface area contributed by atoms with Gasteiger partial charge in [0, 0.05) is 17.1 Å². The molecule has 1 heterocycles. The molecule has 84 valence electrons. The van der Waals surface area contributed by atoms with Gasteiger partial charge in [-0.15, -0.1) is 0 Å². The molecule has 2 nitrogen and oxygen atoms in total. The molecule has 0 bridgehead atoms. The largest absolute Gasteiger partial charge is 0.385 e. The molecule has 0 radical (unpaired) electrons. The minimum Gasteiger partial charge on any atom is -0.385 e. The molecular formula is C14H17NO. The summed E-state index contributed by atoms with van der Waals surface area (Å²) in [6, 6.07) is 10.0. The highest BCUT2D eigenvalue weighted by Crippen LogP contribution is 2.29. The van der Waals surface area contributed by atoms with Crippen molar-refractivity contribution in [2.75, 3.05) is 0 Å². The quantitative estimate of drug-likeness (QED) is 0.852. The van der Waals surface area contributed by atoms with Gasteiger partial charge in [0.15, 0.2) is 0 Å². The van der Waals surface area contributed by atoms with Crippen LogP contribution in [-0.4, -0.2) is 10.1 Å². The molecule has 0 aliphatic rings. The van der Waals surface area contributed by atoms with Crippen LogP contribution in [0.2, 0.25) is 0 Å². The van der Waals surface area contributed by atoms with Gasteiger partial charge >= 0.3 is 0 Å². The normalized spacial score (nSPS) is 11.9. The molecular weight excluding hydrogens is 198 g/mol. The van der Waals surface area contributed by atoms with Gasteiger partial charge in [-0.2, -0.15) is 0 Å². The van der Waals surface area contributed by atoms with E-state index in [9.17, 15) is 5.11 Å². The Morgan fingerprint density at radius 2 is 1.88 bits per heavy atom. The average Bonchev–Trinajstić information content (AvgIpc) is 2.37. The zero-order valence-electron chi connectivity index (χ0n) is 9.77. The van der Waals surface area contributed by atoms with Crippen LogP contribution < -0.4 is 0 Å². The van der Waals surface area contributed by atoms with Gasteiger partial charge in [-0.1, -0.05) is 32.0 Å². The van der Waals surface area contributed by atoms with Gasteiger partial charge < -0.3 is 5.11 Å². The highest BCUT2D eigenvalue weighted by Gasteiger charge is 2.25. The Balaban J connectivity index is 2.54. The third-order valence-corrected chi connectivity index (χ3v) is 3.30. The highest BCUT2D eigenvalue weighted by atomic mass is 16.3. The number of aromatic nitrogens is 1. The lowest BCUT2D eigenvalue weighted by atomic mass is 9.89. The van der Waals surface area contributed by atoms with E-state index in [1.165, 1.54) is 0 Å². The van der Waals surface area contributed by atoms with E-state index in [1.54, 1.807) is 6.20 Å². The van der Waals surface area contributed by atoms with Gasteiger partial charge in [-0.05, 0) is 25.0 Å². The standard InChI is InChI=1S/C14H17NO/c1-3-14(16,4-2)12-9-11-7-5-6-8-13(11)15-10-12/h5-10,16H,3-4H2,1-2H3. The zero-order valence-corrected chi connectivity index (χ0v) is 9.77. The van der Waals surface area contributed by atoms with Crippen LogP contribution in [0, 0.1) is 0 Å². The minimum absolute atomic E-state index is 0.712. The first-order valence-corrected chi connectivity index (χ1v) is 5.77. The summed E-state index contributed by atoms with van der Waals surface area (Å²) in [5.74, 6) is 0. The number of para-hydroxylation sites is 1. The number of hydrogen-bond donors (Lipinski definition) is 1. The van der Waals surface area contributed by atoms with Crippen LogP contribution >= 0.6 is 0 Å². The molecule has 0 aliphatic heterocycles. The predicted molar refractivity (Wildman–Crippen MR) is 66.2 cm³/mol. The van der Waals surface area contributed by atoms with E-state index in [2.05, 4.69) is 4.98 Å². The molecule has 1 N–H and O–H groups in total. The lowest BCUT2D eigenvalue weighted by Gasteiger charge is -2.25. The number of fused-ring (bicyclic) bond motifs is 1. The molecule has 1 aromatic carbocycles. The third kappa shape index (κ3) is 1.81. The summed E-state index contributed by atoms with van der Waals surface area (Å²) >= 11 is 0. The smallest absolute Gasteiger partial charge is 0.0906 e. The summed E-state index contributed by atoms with van der Waals surface area (Å²) in [7, 11) is 0. The van der Waals surface area contributed by atoms with Crippen LogP contribution in [0.3, 0.4) is 0 Å². The van der Waals surface area contributed by atoms with Gasteiger partial charge in [-0.25, -0.2) is 0 Å². The maximum atomic E-state index is 10.4. The molecule has 16 heavy (non-hydrogen) atoms. The molecule has 2 rings (SSSR count). The number of hydrogen-bond acceptors (Lipinski definition) is 2. The highest BCUT2D eigenvalue weighted by molar-refractivity contribution is 5.78. The first-order valence-electron chi connectivity index (χ1n) is 5.77. The van der Waals surface area contributed by atoms with Gasteiger partial charge in [0.05, 0.1) is 11.1 Å². The van der Waals surface area contributed by atoms with Gasteiger partial charge in [0.1, 0.15) is 0 Å². The molecule has 0 aliphatic carbocycles. The molecule has 0 spiro atoms. The molecule has 1 aromatic heterocycles. The summed E-state index contributed by atoms with van der Waals surface area (Å²) in [4.78, 5) is 4.38. The Bertz CT molecular complexity index is 489. The minimum atomic E-state index is -0.739. The molecule has 0 fully saturated rings. The summed E-state index contributed by atoms with van der Waals surface area (Å²) < 4.78 is 0. The first kappa shape index (κ1) is 11.1. The fraction of sp³-hybridized carbons (Fsp3) is 0.357. The van der Waals surface area contributed by atoms with E-state index in [-0.39, 0.29) is 0 Å². The summed E-state index contributed by atoms with van der Waals surface area (Å²) in [5.41, 5.74) is 1.15. The summed E-state index contributed by atoms with van der Waals surface area (Å²) in [6.07, 6.45) is 3.21. The number of pyridine rings is 1. The van der Waals surface area contributed by atoms with Crippen molar-refractivity contribution in [3.8, 4) is 0 Å². The molecule has 0 saturated heterocycles. The molecule has 0 saturated carbocycles. The van der Waals surface area contributed by atoms with Crippen molar-refractivity contribution in [1.82, 2.24) is 4.98 Å². The van der Waals surface area contributed by atoms with Crippen LogP contribution in [0.4, 0.5) is 0 Å². The second-order valence-electron chi connectivity index (χ2n) is 4.16. The lowest BCUT2D eigenvalue weighted by Crippen LogP contribution is -2.23. The van der Waals surface area contributed by atoms with Crippen molar-refractivity contribution in [1.29, 1.82) is 0 Å². The number of aliphatic hydroxyl groups is 1. The molecule has 2 aromatic rings. The van der Waals surface area contributed by atoms with E-state index < -0.39 is 5.60 Å². The Morgan fingerprint density at radius 3 is 2.56 bits per heavy atom. The molecule has 2 heteroatoms. The predicted octanol–water partition coefficient (Wildman–Crippen LogP) is 3.24. The van der Waals surface area contributed by atoms with Gasteiger partial charge in [-0.3, -0.25) is 4.98 Å². The van der Waals surface area contributed by atoms with E-state index in [1.807, 2.05) is 44.2 Å². The monoisotopic (exact) mass is 215 g/mol. The second kappa shape index (κ2) is 4.22. The SMILES string of the molecule is CCC(O)(CC)c1cnc2ccccc2c1. The van der Waals surface area contributed by atoms with Crippen molar-refractivity contribution >= 4 is 10.9 Å². The number of rotatable bonds is 3. The Morgan fingerprint density at radius 1 is 1.19 bits per heavy atom. The van der Waals surface area contributed by atoms with E-state index in [0.717, 1.165) is 16.5 Å². The summed E-state index contributed by atoms with van der Waals surface area (Å²) in [6.45, 7) is 4.00. The lowest BCUT2D eigenvalue weighted by molar-refractivity contribution is 0.0282. The molecule has 0 unspecified atom stereocenters. The van der Waals surface area contributed by atoms with Crippen molar-refractivity contribution in [3.05, 3.63) is 42.1 Å². The topological polar surface area (TPSA) is 33.1 Å².